The second-order valence-corrected chi connectivity index (χ2v) is 8.22. The number of ether oxygens (including phenoxy) is 1. The molecule has 33 heavy (non-hydrogen) atoms. The number of alkyl halides is 1. The molecule has 5 rings (SSSR count). The van der Waals surface area contributed by atoms with Gasteiger partial charge in [-0.15, -0.1) is 0 Å². The first-order valence-electron chi connectivity index (χ1n) is 10.6. The molecule has 0 fully saturated rings. The summed E-state index contributed by atoms with van der Waals surface area (Å²) in [5.74, 6) is -1.17. The Balaban J connectivity index is 1.59. The Morgan fingerprint density at radius 2 is 2.00 bits per heavy atom. The summed E-state index contributed by atoms with van der Waals surface area (Å²) >= 11 is 0. The highest BCUT2D eigenvalue weighted by molar-refractivity contribution is 6.00. The van der Waals surface area contributed by atoms with E-state index in [2.05, 4.69) is 10.4 Å². The number of carbonyl (C=O) groups is 2. The van der Waals surface area contributed by atoms with E-state index in [4.69, 9.17) is 4.74 Å². The van der Waals surface area contributed by atoms with Crippen LogP contribution in [0.1, 0.15) is 32.9 Å². The molecule has 0 saturated carbocycles. The third-order valence-corrected chi connectivity index (χ3v) is 6.24. The molecule has 170 valence electrons. The molecule has 7 nitrogen and oxygen atoms in total. The molecule has 0 bridgehead atoms. The molecular formula is C24H22F2N4O3. The number of nitrogens with zero attached hydrogens (tertiary/aromatic N) is 3. The summed E-state index contributed by atoms with van der Waals surface area (Å²) in [6, 6.07) is 8.43. The van der Waals surface area contributed by atoms with Crippen LogP contribution in [0, 0.1) is 12.7 Å². The van der Waals surface area contributed by atoms with E-state index >= 15 is 4.39 Å². The number of rotatable bonds is 4. The lowest BCUT2D eigenvalue weighted by Crippen LogP contribution is -2.39. The standard InChI is InChI=1S/C24H22F2N4O3/c1-13-18(21(10-25)29(2)28-13)11-30-20-9-16(8-19(26)23(20)33-12-22(30)31)15-4-3-14-5-6-27-24(32)17(14)7-15/h3-4,7-9H,5-6,10-12H2,1-2H3,(H,27,32). The number of fused-ring (bicyclic) bond motifs is 2. The third-order valence-electron chi connectivity index (χ3n) is 6.24. The molecule has 0 atom stereocenters. The number of benzene rings is 2. The Hall–Kier alpha value is -3.75. The Labute approximate surface area is 189 Å². The number of aromatic nitrogens is 2. The van der Waals surface area contributed by atoms with Crippen LogP contribution in [0.2, 0.25) is 0 Å². The van der Waals surface area contributed by atoms with Gasteiger partial charge in [0, 0.05) is 24.7 Å². The van der Waals surface area contributed by atoms with Crippen LogP contribution in [0.3, 0.4) is 0 Å². The largest absolute Gasteiger partial charge is 0.478 e. The third kappa shape index (κ3) is 3.53. The maximum absolute atomic E-state index is 15.1. The van der Waals surface area contributed by atoms with Gasteiger partial charge < -0.3 is 15.0 Å². The molecule has 2 aromatic carbocycles. The fourth-order valence-corrected chi connectivity index (χ4v) is 4.48. The molecule has 3 heterocycles. The predicted molar refractivity (Wildman–Crippen MR) is 117 cm³/mol. The Morgan fingerprint density at radius 3 is 2.79 bits per heavy atom. The number of halogens is 2. The number of hydrogen-bond acceptors (Lipinski definition) is 4. The van der Waals surface area contributed by atoms with Crippen molar-refractivity contribution < 1.29 is 23.1 Å². The van der Waals surface area contributed by atoms with Gasteiger partial charge in [-0.1, -0.05) is 12.1 Å². The van der Waals surface area contributed by atoms with Gasteiger partial charge in [-0.05, 0) is 48.2 Å². The summed E-state index contributed by atoms with van der Waals surface area (Å²) in [4.78, 5) is 26.4. The Morgan fingerprint density at radius 1 is 1.18 bits per heavy atom. The molecule has 0 radical (unpaired) electrons. The average Bonchev–Trinajstić information content (AvgIpc) is 3.07. The second kappa shape index (κ2) is 7.99. The van der Waals surface area contributed by atoms with Crippen molar-refractivity contribution in [2.45, 2.75) is 26.6 Å². The lowest BCUT2D eigenvalue weighted by molar-refractivity contribution is -0.121. The van der Waals surface area contributed by atoms with Crippen LogP contribution in [0.15, 0.2) is 30.3 Å². The first kappa shape index (κ1) is 21.1. The molecule has 1 aromatic heterocycles. The van der Waals surface area contributed by atoms with E-state index in [9.17, 15) is 14.0 Å². The minimum atomic E-state index is -0.732. The monoisotopic (exact) mass is 452 g/mol. The molecular weight excluding hydrogens is 430 g/mol. The van der Waals surface area contributed by atoms with Crippen LogP contribution >= 0.6 is 0 Å². The first-order valence-corrected chi connectivity index (χ1v) is 10.6. The highest BCUT2D eigenvalue weighted by atomic mass is 19.1. The van der Waals surface area contributed by atoms with Crippen molar-refractivity contribution in [2.24, 2.45) is 7.05 Å². The van der Waals surface area contributed by atoms with E-state index in [0.717, 1.165) is 12.0 Å². The molecule has 0 unspecified atom stereocenters. The Kier molecular flexibility index (Phi) is 5.11. The second-order valence-electron chi connectivity index (χ2n) is 8.22. The summed E-state index contributed by atoms with van der Waals surface area (Å²) in [6.45, 7) is 1.33. The summed E-state index contributed by atoms with van der Waals surface area (Å²) in [5.41, 5.74) is 4.45. The van der Waals surface area contributed by atoms with Crippen molar-refractivity contribution in [1.29, 1.82) is 0 Å². The normalized spacial score (nSPS) is 15.1. The summed E-state index contributed by atoms with van der Waals surface area (Å²) < 4.78 is 35.6. The van der Waals surface area contributed by atoms with Gasteiger partial charge in [0.15, 0.2) is 18.2 Å². The SMILES string of the molecule is Cc1nn(C)c(CF)c1CN1C(=O)COc2c(F)cc(-c3ccc4c(c3)C(=O)NCC4)cc21. The van der Waals surface area contributed by atoms with Gasteiger partial charge in [0.1, 0.15) is 6.67 Å². The maximum atomic E-state index is 15.1. The van der Waals surface area contributed by atoms with E-state index in [-0.39, 0.29) is 36.4 Å². The van der Waals surface area contributed by atoms with Crippen LogP contribution in [-0.2, 0) is 31.5 Å². The van der Waals surface area contributed by atoms with E-state index in [1.807, 2.05) is 12.1 Å². The highest BCUT2D eigenvalue weighted by Crippen LogP contribution is 2.40. The van der Waals surface area contributed by atoms with E-state index in [1.54, 1.807) is 26.1 Å². The molecule has 0 spiro atoms. The zero-order valence-electron chi connectivity index (χ0n) is 18.2. The quantitative estimate of drug-likeness (QED) is 0.660. The number of carbonyl (C=O) groups excluding carboxylic acids is 2. The summed E-state index contributed by atoms with van der Waals surface area (Å²) in [5, 5.41) is 7.07. The van der Waals surface area contributed by atoms with Crippen molar-refractivity contribution in [3.63, 3.8) is 0 Å². The van der Waals surface area contributed by atoms with Crippen molar-refractivity contribution in [1.82, 2.24) is 15.1 Å². The topological polar surface area (TPSA) is 76.5 Å². The van der Waals surface area contributed by atoms with Crippen molar-refractivity contribution in [3.05, 3.63) is 64.2 Å². The molecule has 2 amide bonds. The predicted octanol–water partition coefficient (Wildman–Crippen LogP) is 3.22. The average molecular weight is 452 g/mol. The zero-order valence-corrected chi connectivity index (χ0v) is 18.2. The number of aryl methyl sites for hydroxylation is 2. The van der Waals surface area contributed by atoms with E-state index < -0.39 is 12.5 Å². The van der Waals surface area contributed by atoms with Crippen molar-refractivity contribution in [2.75, 3.05) is 18.1 Å². The van der Waals surface area contributed by atoms with Gasteiger partial charge in [-0.2, -0.15) is 5.10 Å². The van der Waals surface area contributed by atoms with Crippen molar-refractivity contribution in [3.8, 4) is 16.9 Å². The van der Waals surface area contributed by atoms with Crippen LogP contribution in [0.25, 0.3) is 11.1 Å². The molecule has 2 aliphatic heterocycles. The minimum Gasteiger partial charge on any atom is -0.478 e. The smallest absolute Gasteiger partial charge is 0.265 e. The van der Waals surface area contributed by atoms with Crippen LogP contribution < -0.4 is 15.0 Å². The van der Waals surface area contributed by atoms with Gasteiger partial charge in [-0.25, -0.2) is 8.78 Å². The number of nitrogens with one attached hydrogen (secondary N) is 1. The highest BCUT2D eigenvalue weighted by Gasteiger charge is 2.31. The van der Waals surface area contributed by atoms with Crippen LogP contribution in [0.4, 0.5) is 14.5 Å². The fraction of sp³-hybridized carbons (Fsp3) is 0.292. The van der Waals surface area contributed by atoms with E-state index in [1.165, 1.54) is 15.6 Å². The molecule has 2 aliphatic rings. The zero-order chi connectivity index (χ0) is 23.3. The Bertz CT molecular complexity index is 1300. The summed E-state index contributed by atoms with van der Waals surface area (Å²) in [7, 11) is 1.64. The van der Waals surface area contributed by atoms with Gasteiger partial charge >= 0.3 is 0 Å². The molecule has 0 saturated heterocycles. The number of hydrogen-bond donors (Lipinski definition) is 1. The molecule has 3 aromatic rings. The lowest BCUT2D eigenvalue weighted by Gasteiger charge is -2.30. The van der Waals surface area contributed by atoms with Gasteiger partial charge in [0.05, 0.1) is 23.6 Å². The van der Waals surface area contributed by atoms with Crippen LogP contribution in [-0.4, -0.2) is 34.7 Å². The number of amides is 2. The fourth-order valence-electron chi connectivity index (χ4n) is 4.48. The number of anilines is 1. The van der Waals surface area contributed by atoms with Gasteiger partial charge in [0.25, 0.3) is 11.8 Å². The molecule has 1 N–H and O–H groups in total. The van der Waals surface area contributed by atoms with Crippen LogP contribution in [0.5, 0.6) is 5.75 Å². The van der Waals surface area contributed by atoms with Crippen molar-refractivity contribution >= 4 is 17.5 Å². The lowest BCUT2D eigenvalue weighted by atomic mass is 9.94. The maximum Gasteiger partial charge on any atom is 0.265 e. The molecule has 9 heteroatoms. The molecule has 0 aliphatic carbocycles. The van der Waals surface area contributed by atoms with E-state index in [0.29, 0.717) is 40.2 Å². The van der Waals surface area contributed by atoms with Gasteiger partial charge in [0.2, 0.25) is 0 Å². The summed E-state index contributed by atoms with van der Waals surface area (Å²) in [6.07, 6.45) is 0.734. The minimum absolute atomic E-state index is 0.0302. The van der Waals surface area contributed by atoms with Gasteiger partial charge in [-0.3, -0.25) is 14.3 Å². The first-order chi connectivity index (χ1) is 15.9.